The van der Waals surface area contributed by atoms with Crippen LogP contribution in [0.2, 0.25) is 0 Å². The number of fused-ring (bicyclic) bond motifs is 9. The van der Waals surface area contributed by atoms with Crippen LogP contribution in [-0.2, 0) is 0 Å². The van der Waals surface area contributed by atoms with Gasteiger partial charge in [-0.15, -0.1) is 0 Å². The molecule has 2 aromatic heterocycles. The summed E-state index contributed by atoms with van der Waals surface area (Å²) in [4.78, 5) is 0. The molecule has 0 radical (unpaired) electrons. The van der Waals surface area contributed by atoms with Gasteiger partial charge in [0, 0.05) is 21.5 Å². The molecule has 0 saturated heterocycles. The quantitative estimate of drug-likeness (QED) is 0.276. The van der Waals surface area contributed by atoms with Gasteiger partial charge in [-0.25, -0.2) is 0 Å². The van der Waals surface area contributed by atoms with Gasteiger partial charge in [0.1, 0.15) is 11.2 Å². The van der Waals surface area contributed by atoms with Crippen LogP contribution in [0.15, 0.2) is 93.8 Å². The van der Waals surface area contributed by atoms with Crippen LogP contribution in [0.5, 0.6) is 0 Å². The smallest absolute Gasteiger partial charge is 0.178 e. The van der Waals surface area contributed by atoms with Crippen molar-refractivity contribution in [2.45, 2.75) is 0 Å². The molecule has 7 rings (SSSR count). The van der Waals surface area contributed by atoms with E-state index in [0.29, 0.717) is 0 Å². The Morgan fingerprint density at radius 3 is 1.21 bits per heavy atom. The monoisotopic (exact) mass is 358 g/mol. The summed E-state index contributed by atoms with van der Waals surface area (Å²) in [6.45, 7) is 0. The van der Waals surface area contributed by atoms with Gasteiger partial charge in [0.05, 0.1) is 0 Å². The SMILES string of the molecule is c1ccc2cc3c(cc2c1)oc1c3ccc2c3cc4ccccc4cc3oc21. The van der Waals surface area contributed by atoms with Gasteiger partial charge >= 0.3 is 0 Å². The van der Waals surface area contributed by atoms with Gasteiger partial charge in [0.2, 0.25) is 0 Å². The number of hydrogen-bond donors (Lipinski definition) is 0. The average molecular weight is 358 g/mol. The summed E-state index contributed by atoms with van der Waals surface area (Å²) in [5.74, 6) is 0. The Labute approximate surface area is 159 Å². The first-order chi connectivity index (χ1) is 13.8. The minimum atomic E-state index is 0.822. The third-order valence-corrected chi connectivity index (χ3v) is 5.81. The molecule has 0 bridgehead atoms. The second-order valence-electron chi connectivity index (χ2n) is 7.41. The minimum absolute atomic E-state index is 0.822. The van der Waals surface area contributed by atoms with Crippen molar-refractivity contribution in [2.24, 2.45) is 0 Å². The lowest BCUT2D eigenvalue weighted by atomic mass is 10.0. The van der Waals surface area contributed by atoms with E-state index in [1.807, 2.05) is 0 Å². The summed E-state index contributed by atoms with van der Waals surface area (Å²) in [7, 11) is 0. The Morgan fingerprint density at radius 1 is 0.393 bits per heavy atom. The fraction of sp³-hybridized carbons (Fsp3) is 0. The van der Waals surface area contributed by atoms with Gasteiger partial charge < -0.3 is 8.83 Å². The predicted molar refractivity (Wildman–Crippen MR) is 116 cm³/mol. The van der Waals surface area contributed by atoms with Gasteiger partial charge in [-0.2, -0.15) is 0 Å². The summed E-state index contributed by atoms with van der Waals surface area (Å²) >= 11 is 0. The van der Waals surface area contributed by atoms with E-state index >= 15 is 0 Å². The zero-order valence-corrected chi connectivity index (χ0v) is 14.9. The van der Waals surface area contributed by atoms with Gasteiger partial charge in [-0.3, -0.25) is 0 Å². The van der Waals surface area contributed by atoms with Crippen LogP contribution < -0.4 is 0 Å². The number of rotatable bonds is 0. The van der Waals surface area contributed by atoms with Crippen molar-refractivity contribution < 1.29 is 8.83 Å². The lowest BCUT2D eigenvalue weighted by Gasteiger charge is -1.97. The van der Waals surface area contributed by atoms with Crippen molar-refractivity contribution in [3.63, 3.8) is 0 Å². The van der Waals surface area contributed by atoms with Crippen LogP contribution in [0, 0.1) is 0 Å². The first kappa shape index (κ1) is 14.3. The third-order valence-electron chi connectivity index (χ3n) is 5.81. The molecule has 2 nitrogen and oxygen atoms in total. The van der Waals surface area contributed by atoms with E-state index in [0.717, 1.165) is 43.9 Å². The van der Waals surface area contributed by atoms with E-state index in [4.69, 9.17) is 8.83 Å². The van der Waals surface area contributed by atoms with Crippen molar-refractivity contribution in [3.8, 4) is 0 Å². The molecule has 0 saturated carbocycles. The molecule has 2 heteroatoms. The second kappa shape index (κ2) is 4.93. The Kier molecular flexibility index (Phi) is 2.52. The molecule has 0 aliphatic rings. The number of hydrogen-bond acceptors (Lipinski definition) is 2. The first-order valence-corrected chi connectivity index (χ1v) is 9.44. The van der Waals surface area contributed by atoms with Crippen LogP contribution in [0.25, 0.3) is 65.4 Å². The highest BCUT2D eigenvalue weighted by Crippen LogP contribution is 2.40. The summed E-state index contributed by atoms with van der Waals surface area (Å²) < 4.78 is 12.6. The molecule has 0 spiro atoms. The zero-order chi connectivity index (χ0) is 18.2. The van der Waals surface area contributed by atoms with E-state index in [9.17, 15) is 0 Å². The molecule has 0 fully saturated rings. The predicted octanol–water partition coefficient (Wildman–Crippen LogP) is 7.79. The largest absolute Gasteiger partial charge is 0.452 e. The molecule has 0 atom stereocenters. The lowest BCUT2D eigenvalue weighted by molar-refractivity contribution is 0.634. The molecule has 7 aromatic rings. The topological polar surface area (TPSA) is 26.3 Å². The molecule has 130 valence electrons. The zero-order valence-electron chi connectivity index (χ0n) is 14.9. The van der Waals surface area contributed by atoms with Gasteiger partial charge in [-0.1, -0.05) is 48.5 Å². The standard InChI is InChI=1S/C26H14O2/c1-3-7-17-13-23-21(11-15(17)5-1)19-9-10-20-22-12-16-6-2-4-8-18(16)14-24(22)28-26(20)25(19)27-23/h1-14H. The summed E-state index contributed by atoms with van der Waals surface area (Å²) in [6.07, 6.45) is 0. The highest BCUT2D eigenvalue weighted by atomic mass is 16.4. The van der Waals surface area contributed by atoms with Crippen molar-refractivity contribution >= 4 is 65.4 Å². The van der Waals surface area contributed by atoms with Crippen molar-refractivity contribution in [1.29, 1.82) is 0 Å². The van der Waals surface area contributed by atoms with E-state index in [-0.39, 0.29) is 0 Å². The maximum Gasteiger partial charge on any atom is 0.178 e. The number of furan rings is 2. The van der Waals surface area contributed by atoms with Gasteiger partial charge in [-0.05, 0) is 57.9 Å². The third kappa shape index (κ3) is 1.77. The molecule has 28 heavy (non-hydrogen) atoms. The van der Waals surface area contributed by atoms with Crippen LogP contribution in [0.4, 0.5) is 0 Å². The van der Waals surface area contributed by atoms with E-state index in [2.05, 4.69) is 84.9 Å². The Balaban J connectivity index is 1.66. The molecule has 0 amide bonds. The molecule has 0 N–H and O–H groups in total. The molecule has 0 unspecified atom stereocenters. The van der Waals surface area contributed by atoms with Crippen LogP contribution >= 0.6 is 0 Å². The Morgan fingerprint density at radius 2 is 0.786 bits per heavy atom. The van der Waals surface area contributed by atoms with Crippen molar-refractivity contribution in [3.05, 3.63) is 84.9 Å². The maximum atomic E-state index is 6.31. The Hall–Kier alpha value is -3.78. The number of benzene rings is 5. The Bertz CT molecular complexity index is 1580. The fourth-order valence-corrected chi connectivity index (χ4v) is 4.44. The molecular formula is C26H14O2. The average Bonchev–Trinajstić information content (AvgIpc) is 3.27. The van der Waals surface area contributed by atoms with E-state index in [1.165, 1.54) is 21.5 Å². The van der Waals surface area contributed by atoms with E-state index in [1.54, 1.807) is 0 Å². The lowest BCUT2D eigenvalue weighted by Crippen LogP contribution is -1.73. The molecule has 5 aromatic carbocycles. The normalized spacial score (nSPS) is 12.3. The van der Waals surface area contributed by atoms with Crippen LogP contribution in [-0.4, -0.2) is 0 Å². The maximum absolute atomic E-state index is 6.31. The van der Waals surface area contributed by atoms with Crippen molar-refractivity contribution in [1.82, 2.24) is 0 Å². The van der Waals surface area contributed by atoms with Gasteiger partial charge in [0.25, 0.3) is 0 Å². The van der Waals surface area contributed by atoms with Gasteiger partial charge in [0.15, 0.2) is 11.2 Å². The van der Waals surface area contributed by atoms with Crippen LogP contribution in [0.3, 0.4) is 0 Å². The van der Waals surface area contributed by atoms with E-state index < -0.39 is 0 Å². The molecule has 0 aliphatic heterocycles. The summed E-state index contributed by atoms with van der Waals surface area (Å²) in [5.41, 5.74) is 3.43. The minimum Gasteiger partial charge on any atom is -0.452 e. The molecular weight excluding hydrogens is 344 g/mol. The van der Waals surface area contributed by atoms with Crippen molar-refractivity contribution in [2.75, 3.05) is 0 Å². The first-order valence-electron chi connectivity index (χ1n) is 9.44. The summed E-state index contributed by atoms with van der Waals surface area (Å²) in [6, 6.07) is 29.7. The molecule has 0 aliphatic carbocycles. The highest BCUT2D eigenvalue weighted by molar-refractivity contribution is 6.21. The molecule has 2 heterocycles. The summed E-state index contributed by atoms with van der Waals surface area (Å²) in [5, 5.41) is 9.24. The highest BCUT2D eigenvalue weighted by Gasteiger charge is 2.16. The fourth-order valence-electron chi connectivity index (χ4n) is 4.44. The second-order valence-corrected chi connectivity index (χ2v) is 7.41. The van der Waals surface area contributed by atoms with Crippen LogP contribution in [0.1, 0.15) is 0 Å².